The summed E-state index contributed by atoms with van der Waals surface area (Å²) in [6.07, 6.45) is 3.50. The number of likely N-dealkylation sites (N-methyl/N-ethyl adjacent to an activating group) is 2. The van der Waals surface area contributed by atoms with Gasteiger partial charge < -0.3 is 35.0 Å². The van der Waals surface area contributed by atoms with Crippen molar-refractivity contribution < 1.29 is 43.3 Å². The van der Waals surface area contributed by atoms with Crippen molar-refractivity contribution in [3.05, 3.63) is 24.3 Å². The molecule has 1 aliphatic rings. The number of rotatable bonds is 23. The second-order valence-corrected chi connectivity index (χ2v) is 15.2. The monoisotopic (exact) mass is 749 g/mol. The Labute approximate surface area is 317 Å². The molecule has 53 heavy (non-hydrogen) atoms. The van der Waals surface area contributed by atoms with E-state index in [1.807, 2.05) is 60.5 Å². The van der Waals surface area contributed by atoms with Gasteiger partial charge in [-0.2, -0.15) is 0 Å². The van der Waals surface area contributed by atoms with Gasteiger partial charge in [-0.3, -0.25) is 28.9 Å². The van der Waals surface area contributed by atoms with E-state index in [9.17, 15) is 33.9 Å². The predicted octanol–water partition coefficient (Wildman–Crippen LogP) is 2.90. The SMILES string of the molecule is C=C/C=C(\C=O)CC(NC(=O)[C@H](C)[C@@H](OC)[C@@H]1CCCN1C(=O)C[C@@H](OC)[C@H]([C@@H](C)CC)N(C)C(=O)[C@@H](NC(=O)C(C(C)C)N(C)C)C(C)C)C(=O)O. The number of nitrogens with zero attached hydrogens (tertiary/aromatic N) is 3. The van der Waals surface area contributed by atoms with Crippen molar-refractivity contribution in [2.45, 2.75) is 123 Å². The average molecular weight is 750 g/mol. The summed E-state index contributed by atoms with van der Waals surface area (Å²) in [4.78, 5) is 83.6. The quantitative estimate of drug-likeness (QED) is 0.0801. The highest BCUT2D eigenvalue weighted by Gasteiger charge is 2.43. The number of aldehydes is 1. The third-order valence-corrected chi connectivity index (χ3v) is 10.5. The first-order chi connectivity index (χ1) is 24.8. The van der Waals surface area contributed by atoms with Crippen LogP contribution in [0.3, 0.4) is 0 Å². The van der Waals surface area contributed by atoms with E-state index in [-0.39, 0.29) is 53.9 Å². The van der Waals surface area contributed by atoms with Crippen molar-refractivity contribution >= 4 is 35.9 Å². The smallest absolute Gasteiger partial charge is 0.326 e. The Morgan fingerprint density at radius 3 is 2.02 bits per heavy atom. The van der Waals surface area contributed by atoms with Crippen LogP contribution in [0.2, 0.25) is 0 Å². The number of carboxylic acids is 1. The van der Waals surface area contributed by atoms with Gasteiger partial charge in [-0.1, -0.05) is 73.6 Å². The van der Waals surface area contributed by atoms with Gasteiger partial charge in [-0.15, -0.1) is 0 Å². The molecule has 14 nitrogen and oxygen atoms in total. The van der Waals surface area contributed by atoms with E-state index in [0.717, 1.165) is 0 Å². The molecule has 1 heterocycles. The van der Waals surface area contributed by atoms with Crippen LogP contribution in [0.1, 0.15) is 80.6 Å². The third kappa shape index (κ3) is 13.0. The van der Waals surface area contributed by atoms with E-state index in [2.05, 4.69) is 17.2 Å². The summed E-state index contributed by atoms with van der Waals surface area (Å²) >= 11 is 0. The fourth-order valence-corrected chi connectivity index (χ4v) is 7.46. The first-order valence-corrected chi connectivity index (χ1v) is 18.7. The lowest BCUT2D eigenvalue weighted by molar-refractivity contribution is -0.148. The standard InChI is InChI=1S/C39H67N5O9/c1-14-17-27(22-45)20-28(39(50)51)40-36(47)26(8)35(53-13)29-18-16-19-44(29)31(46)21-30(52-12)34(25(7)15-2)43(11)38(49)32(23(3)4)41-37(48)33(24(5)6)42(9)10/h14,17,22-26,28-30,32-35H,1,15-16,18-21H2,2-13H3,(H,40,47)(H,41,48)(H,50,51)/b27-17-/t25-,26+,28?,29-,30+,32-,33?,34-,35+/m0/s1. The van der Waals surface area contributed by atoms with E-state index >= 15 is 0 Å². The third-order valence-electron chi connectivity index (χ3n) is 10.5. The highest BCUT2D eigenvalue weighted by Crippen LogP contribution is 2.30. The Kier molecular flexibility index (Phi) is 20.2. The second-order valence-electron chi connectivity index (χ2n) is 15.2. The van der Waals surface area contributed by atoms with Gasteiger partial charge in [0.2, 0.25) is 23.6 Å². The number of hydrogen-bond donors (Lipinski definition) is 3. The molecule has 0 aromatic rings. The Balaban J connectivity index is 3.30. The minimum atomic E-state index is -1.35. The molecule has 0 aromatic carbocycles. The summed E-state index contributed by atoms with van der Waals surface area (Å²) in [6, 6.07) is -3.55. The molecule has 2 unspecified atom stereocenters. The number of carbonyl (C=O) groups excluding carboxylic acids is 5. The van der Waals surface area contributed by atoms with Crippen molar-refractivity contribution in [2.24, 2.45) is 23.7 Å². The topological polar surface area (TPSA) is 175 Å². The fourth-order valence-electron chi connectivity index (χ4n) is 7.46. The number of hydrogen-bond acceptors (Lipinski definition) is 9. The molecule has 0 aromatic heterocycles. The van der Waals surface area contributed by atoms with Gasteiger partial charge in [0.05, 0.1) is 42.7 Å². The van der Waals surface area contributed by atoms with Crippen LogP contribution in [0.5, 0.6) is 0 Å². The Hall–Kier alpha value is -3.62. The molecule has 0 spiro atoms. The van der Waals surface area contributed by atoms with E-state index in [4.69, 9.17) is 9.47 Å². The van der Waals surface area contributed by atoms with Crippen LogP contribution in [0, 0.1) is 23.7 Å². The Morgan fingerprint density at radius 2 is 1.57 bits per heavy atom. The highest BCUT2D eigenvalue weighted by atomic mass is 16.5. The van der Waals surface area contributed by atoms with Gasteiger partial charge in [0.25, 0.3) is 0 Å². The molecule has 0 bridgehead atoms. The number of nitrogens with one attached hydrogen (secondary N) is 2. The maximum atomic E-state index is 14.2. The molecule has 14 heteroatoms. The molecular weight excluding hydrogens is 682 g/mol. The van der Waals surface area contributed by atoms with Crippen molar-refractivity contribution in [1.82, 2.24) is 25.3 Å². The van der Waals surface area contributed by atoms with Crippen LogP contribution in [0.25, 0.3) is 0 Å². The highest BCUT2D eigenvalue weighted by molar-refractivity contribution is 5.90. The zero-order valence-electron chi connectivity index (χ0n) is 34.1. The van der Waals surface area contributed by atoms with E-state index in [0.29, 0.717) is 32.1 Å². The average Bonchev–Trinajstić information content (AvgIpc) is 3.58. The van der Waals surface area contributed by atoms with Crippen LogP contribution in [-0.4, -0.2) is 140 Å². The maximum Gasteiger partial charge on any atom is 0.326 e. The first-order valence-electron chi connectivity index (χ1n) is 18.7. The van der Waals surface area contributed by atoms with Crippen molar-refractivity contribution in [3.63, 3.8) is 0 Å². The fraction of sp³-hybridized carbons (Fsp3) is 0.744. The summed E-state index contributed by atoms with van der Waals surface area (Å²) in [7, 11) is 8.33. The van der Waals surface area contributed by atoms with Crippen LogP contribution in [-0.2, 0) is 38.2 Å². The zero-order chi connectivity index (χ0) is 40.7. The molecule has 1 saturated heterocycles. The summed E-state index contributed by atoms with van der Waals surface area (Å²) in [5.74, 6) is -3.70. The van der Waals surface area contributed by atoms with Gasteiger partial charge in [0, 0.05) is 34.2 Å². The van der Waals surface area contributed by atoms with Crippen LogP contribution in [0.15, 0.2) is 24.3 Å². The lowest BCUT2D eigenvalue weighted by atomic mass is 9.89. The van der Waals surface area contributed by atoms with Gasteiger partial charge in [0.1, 0.15) is 18.4 Å². The molecular formula is C39H67N5O9. The molecule has 9 atom stereocenters. The molecule has 0 aliphatic carbocycles. The number of amides is 4. The molecule has 0 radical (unpaired) electrons. The molecule has 1 aliphatic heterocycles. The Morgan fingerprint density at radius 1 is 0.943 bits per heavy atom. The number of likely N-dealkylation sites (tertiary alicyclic amines) is 1. The minimum absolute atomic E-state index is 0.0231. The van der Waals surface area contributed by atoms with Gasteiger partial charge in [-0.25, -0.2) is 4.79 Å². The van der Waals surface area contributed by atoms with Crippen LogP contribution >= 0.6 is 0 Å². The van der Waals surface area contributed by atoms with Gasteiger partial charge in [-0.05, 0) is 50.3 Å². The zero-order valence-corrected chi connectivity index (χ0v) is 34.1. The van der Waals surface area contributed by atoms with Crippen molar-refractivity contribution in [1.29, 1.82) is 0 Å². The van der Waals surface area contributed by atoms with Crippen molar-refractivity contribution in [3.8, 4) is 0 Å². The predicted molar refractivity (Wildman–Crippen MR) is 204 cm³/mol. The number of carboxylic acid groups (broad SMARTS) is 1. The number of ether oxygens (including phenoxy) is 2. The number of aliphatic carboxylic acids is 1. The minimum Gasteiger partial charge on any atom is -0.480 e. The normalized spacial score (nSPS) is 19.5. The number of allylic oxidation sites excluding steroid dienone is 2. The summed E-state index contributed by atoms with van der Waals surface area (Å²) in [5, 5.41) is 15.3. The van der Waals surface area contributed by atoms with E-state index in [1.54, 1.807) is 23.8 Å². The molecule has 4 amide bonds. The molecule has 3 N–H and O–H groups in total. The first kappa shape index (κ1) is 47.4. The van der Waals surface area contributed by atoms with Crippen LogP contribution < -0.4 is 10.6 Å². The van der Waals surface area contributed by atoms with E-state index in [1.165, 1.54) is 26.4 Å². The number of carbonyl (C=O) groups is 6. The molecule has 0 saturated carbocycles. The summed E-state index contributed by atoms with van der Waals surface area (Å²) in [5.41, 5.74) is 0.167. The Bertz CT molecular complexity index is 1280. The number of methoxy groups -OCH3 is 2. The van der Waals surface area contributed by atoms with Crippen molar-refractivity contribution in [2.75, 3.05) is 41.9 Å². The molecule has 302 valence electrons. The lowest BCUT2D eigenvalue weighted by Crippen LogP contribution is -2.59. The summed E-state index contributed by atoms with van der Waals surface area (Å²) < 4.78 is 11.8. The second kappa shape index (κ2) is 22.6. The largest absolute Gasteiger partial charge is 0.480 e. The van der Waals surface area contributed by atoms with E-state index < -0.39 is 60.2 Å². The van der Waals surface area contributed by atoms with Gasteiger partial charge in [0.15, 0.2) is 0 Å². The maximum absolute atomic E-state index is 14.2. The lowest BCUT2D eigenvalue weighted by Gasteiger charge is -2.41. The van der Waals surface area contributed by atoms with Crippen LogP contribution in [0.4, 0.5) is 0 Å². The summed E-state index contributed by atoms with van der Waals surface area (Å²) in [6.45, 7) is 17.3. The molecule has 1 fully saturated rings. The molecule has 1 rings (SSSR count). The van der Waals surface area contributed by atoms with Gasteiger partial charge >= 0.3 is 5.97 Å².